The van der Waals surface area contributed by atoms with Crippen LogP contribution in [0.1, 0.15) is 5.56 Å². The van der Waals surface area contributed by atoms with Gasteiger partial charge in [0.1, 0.15) is 0 Å². The number of hydrogen-bond donors (Lipinski definition) is 0. The summed E-state index contributed by atoms with van der Waals surface area (Å²) in [6.07, 6.45) is 3.16. The number of rotatable bonds is 7. The van der Waals surface area contributed by atoms with Crippen molar-refractivity contribution in [3.05, 3.63) is 58.9 Å². The Kier molecular flexibility index (Phi) is 6.62. The number of para-hydroxylation sites is 1. The predicted molar refractivity (Wildman–Crippen MR) is 111 cm³/mol. The van der Waals surface area contributed by atoms with E-state index in [1.807, 2.05) is 34.9 Å². The van der Waals surface area contributed by atoms with Gasteiger partial charge in [0.15, 0.2) is 16.3 Å². The number of methoxy groups -OCH3 is 3. The van der Waals surface area contributed by atoms with E-state index in [0.29, 0.717) is 29.5 Å². The molecule has 0 bridgehead atoms. The quantitative estimate of drug-likeness (QED) is 0.572. The van der Waals surface area contributed by atoms with Crippen LogP contribution in [0.25, 0.3) is 16.3 Å². The van der Waals surface area contributed by atoms with Crippen LogP contribution in [0.15, 0.2) is 53.5 Å². The molecule has 0 saturated heterocycles. The molecule has 7 heteroatoms. The van der Waals surface area contributed by atoms with Crippen molar-refractivity contribution in [3.63, 3.8) is 0 Å². The average Bonchev–Trinajstić information content (AvgIpc) is 3.07. The van der Waals surface area contributed by atoms with Crippen LogP contribution in [0.5, 0.6) is 11.5 Å². The third kappa shape index (κ3) is 4.49. The first kappa shape index (κ1) is 19.9. The van der Waals surface area contributed by atoms with E-state index < -0.39 is 0 Å². The van der Waals surface area contributed by atoms with Crippen LogP contribution in [0, 0.1) is 0 Å². The van der Waals surface area contributed by atoms with Crippen LogP contribution < -0.4 is 14.3 Å². The number of benzene rings is 2. The van der Waals surface area contributed by atoms with E-state index in [1.165, 1.54) is 17.4 Å². The van der Waals surface area contributed by atoms with E-state index in [4.69, 9.17) is 14.2 Å². The number of thiazole rings is 1. The molecule has 0 unspecified atom stereocenters. The summed E-state index contributed by atoms with van der Waals surface area (Å²) in [6, 6.07) is 13.4. The van der Waals surface area contributed by atoms with Gasteiger partial charge >= 0.3 is 0 Å². The molecule has 2 aromatic carbocycles. The van der Waals surface area contributed by atoms with E-state index in [9.17, 15) is 4.79 Å². The molecule has 0 radical (unpaired) electrons. The maximum Gasteiger partial charge on any atom is 0.272 e. The molecule has 28 heavy (non-hydrogen) atoms. The summed E-state index contributed by atoms with van der Waals surface area (Å²) in [5.74, 6) is 0.920. The van der Waals surface area contributed by atoms with E-state index in [0.717, 1.165) is 15.8 Å². The average molecular weight is 398 g/mol. The number of carbonyl (C=O) groups excluding carboxylic acids is 1. The van der Waals surface area contributed by atoms with E-state index >= 15 is 0 Å². The lowest BCUT2D eigenvalue weighted by molar-refractivity contribution is -0.113. The van der Waals surface area contributed by atoms with Gasteiger partial charge in [0.05, 0.1) is 31.0 Å². The molecule has 1 amide bonds. The molecule has 0 N–H and O–H groups in total. The van der Waals surface area contributed by atoms with Gasteiger partial charge in [-0.3, -0.25) is 4.79 Å². The maximum absolute atomic E-state index is 12.4. The Morgan fingerprint density at radius 1 is 1.11 bits per heavy atom. The highest BCUT2D eigenvalue weighted by Crippen LogP contribution is 2.28. The molecule has 1 heterocycles. The molecular formula is C21H22N2O4S. The highest BCUT2D eigenvalue weighted by atomic mass is 32.1. The molecule has 0 saturated carbocycles. The lowest BCUT2D eigenvalue weighted by Crippen LogP contribution is -2.18. The summed E-state index contributed by atoms with van der Waals surface area (Å²) >= 11 is 1.48. The Bertz CT molecular complexity index is 1070. The Hall–Kier alpha value is -2.90. The minimum atomic E-state index is -0.326. The Balaban J connectivity index is 1.89. The third-order valence-corrected chi connectivity index (χ3v) is 5.20. The van der Waals surface area contributed by atoms with Gasteiger partial charge in [0.2, 0.25) is 0 Å². The van der Waals surface area contributed by atoms with Crippen molar-refractivity contribution >= 4 is 33.5 Å². The van der Waals surface area contributed by atoms with Crippen molar-refractivity contribution in [1.82, 2.24) is 4.57 Å². The first-order chi connectivity index (χ1) is 13.7. The lowest BCUT2D eigenvalue weighted by Gasteiger charge is -2.07. The highest BCUT2D eigenvalue weighted by molar-refractivity contribution is 7.16. The van der Waals surface area contributed by atoms with Gasteiger partial charge in [-0.2, -0.15) is 4.99 Å². The van der Waals surface area contributed by atoms with Gasteiger partial charge in [-0.25, -0.2) is 0 Å². The molecule has 146 valence electrons. The second kappa shape index (κ2) is 9.34. The molecule has 1 aromatic heterocycles. The third-order valence-electron chi connectivity index (χ3n) is 4.14. The zero-order chi connectivity index (χ0) is 19.9. The molecule has 0 aliphatic heterocycles. The normalized spacial score (nSPS) is 12.0. The fraction of sp³-hybridized carbons (Fsp3) is 0.238. The highest BCUT2D eigenvalue weighted by Gasteiger charge is 2.07. The molecule has 0 aliphatic carbocycles. The Labute approximate surface area is 167 Å². The fourth-order valence-corrected chi connectivity index (χ4v) is 3.82. The largest absolute Gasteiger partial charge is 0.493 e. The van der Waals surface area contributed by atoms with Crippen molar-refractivity contribution in [2.45, 2.75) is 6.54 Å². The minimum absolute atomic E-state index is 0.326. The van der Waals surface area contributed by atoms with Crippen LogP contribution in [0.4, 0.5) is 0 Å². The number of fused-ring (bicyclic) bond motifs is 1. The number of carbonyl (C=O) groups is 1. The number of hydrogen-bond acceptors (Lipinski definition) is 5. The Morgan fingerprint density at radius 3 is 2.64 bits per heavy atom. The smallest absolute Gasteiger partial charge is 0.272 e. The number of nitrogens with zero attached hydrogens (tertiary/aromatic N) is 2. The molecule has 0 spiro atoms. The van der Waals surface area contributed by atoms with Crippen LogP contribution in [-0.4, -0.2) is 38.4 Å². The van der Waals surface area contributed by atoms with E-state index in [1.54, 1.807) is 39.5 Å². The first-order valence-electron chi connectivity index (χ1n) is 8.72. The second-order valence-electron chi connectivity index (χ2n) is 5.89. The van der Waals surface area contributed by atoms with Crippen molar-refractivity contribution in [1.29, 1.82) is 0 Å². The summed E-state index contributed by atoms with van der Waals surface area (Å²) in [6.45, 7) is 1.18. The van der Waals surface area contributed by atoms with Gasteiger partial charge in [0.25, 0.3) is 5.91 Å². The van der Waals surface area contributed by atoms with Crippen molar-refractivity contribution < 1.29 is 19.0 Å². The molecular weight excluding hydrogens is 376 g/mol. The summed E-state index contributed by atoms with van der Waals surface area (Å²) in [7, 11) is 4.81. The predicted octanol–water partition coefficient (Wildman–Crippen LogP) is 3.51. The van der Waals surface area contributed by atoms with Crippen LogP contribution in [-0.2, 0) is 16.1 Å². The van der Waals surface area contributed by atoms with E-state index in [-0.39, 0.29) is 5.91 Å². The molecule has 3 rings (SSSR count). The summed E-state index contributed by atoms with van der Waals surface area (Å²) < 4.78 is 18.8. The van der Waals surface area contributed by atoms with Gasteiger partial charge < -0.3 is 18.8 Å². The van der Waals surface area contributed by atoms with Crippen LogP contribution in [0.2, 0.25) is 0 Å². The zero-order valence-corrected chi connectivity index (χ0v) is 16.9. The van der Waals surface area contributed by atoms with Gasteiger partial charge in [0, 0.05) is 19.7 Å². The van der Waals surface area contributed by atoms with Gasteiger partial charge in [-0.15, -0.1) is 0 Å². The first-order valence-corrected chi connectivity index (χ1v) is 9.54. The molecule has 0 fully saturated rings. The topological polar surface area (TPSA) is 62.1 Å². The van der Waals surface area contributed by atoms with Crippen molar-refractivity contribution in [3.8, 4) is 11.5 Å². The van der Waals surface area contributed by atoms with Crippen molar-refractivity contribution in [2.24, 2.45) is 4.99 Å². The molecule has 0 atom stereocenters. The molecule has 3 aromatic rings. The number of aromatic nitrogens is 1. The summed E-state index contributed by atoms with van der Waals surface area (Å²) in [5, 5.41) is 0. The zero-order valence-electron chi connectivity index (χ0n) is 16.0. The summed E-state index contributed by atoms with van der Waals surface area (Å²) in [5.41, 5.74) is 1.87. The fourth-order valence-electron chi connectivity index (χ4n) is 2.76. The molecule has 0 aliphatic rings. The van der Waals surface area contributed by atoms with Crippen LogP contribution >= 0.6 is 11.3 Å². The second-order valence-corrected chi connectivity index (χ2v) is 6.90. The maximum atomic E-state index is 12.4. The molecule has 6 nitrogen and oxygen atoms in total. The lowest BCUT2D eigenvalue weighted by atomic mass is 10.2. The monoisotopic (exact) mass is 398 g/mol. The van der Waals surface area contributed by atoms with Crippen LogP contribution in [0.3, 0.4) is 0 Å². The van der Waals surface area contributed by atoms with Gasteiger partial charge in [-0.1, -0.05) is 29.5 Å². The Morgan fingerprint density at radius 2 is 1.89 bits per heavy atom. The minimum Gasteiger partial charge on any atom is -0.493 e. The van der Waals surface area contributed by atoms with Gasteiger partial charge in [-0.05, 0) is 35.9 Å². The summed E-state index contributed by atoms with van der Waals surface area (Å²) in [4.78, 5) is 17.4. The van der Waals surface area contributed by atoms with Crippen molar-refractivity contribution in [2.75, 3.05) is 27.9 Å². The van der Waals surface area contributed by atoms with E-state index in [2.05, 4.69) is 4.99 Å². The number of amides is 1. The standard InChI is InChI=1S/C21H22N2O4S/c1-25-13-12-23-16-6-4-5-7-19(16)28-21(23)22-20(24)11-9-15-8-10-17(26-2)18(14-15)27-3/h4-11,14H,12-13H2,1-3H3/b11-9-,22-21?. The SMILES string of the molecule is COCCn1c(=NC(=O)/C=C\c2ccc(OC)c(OC)c2)sc2ccccc21. The number of ether oxygens (including phenoxy) is 3.